The number of aromatic nitrogens is 1. The summed E-state index contributed by atoms with van der Waals surface area (Å²) in [5.41, 5.74) is 8.28. The van der Waals surface area contributed by atoms with Crippen molar-refractivity contribution in [1.29, 1.82) is 0 Å². The van der Waals surface area contributed by atoms with Crippen LogP contribution >= 0.6 is 11.3 Å². The number of thiazole rings is 1. The number of piperazine rings is 1. The van der Waals surface area contributed by atoms with E-state index in [4.69, 9.17) is 5.73 Å². The number of nitrogens with two attached hydrogens (primary N) is 1. The molecule has 1 saturated heterocycles. The highest BCUT2D eigenvalue weighted by molar-refractivity contribution is 7.09. The fourth-order valence-corrected chi connectivity index (χ4v) is 3.70. The van der Waals surface area contributed by atoms with Crippen molar-refractivity contribution in [2.24, 2.45) is 10.7 Å². The van der Waals surface area contributed by atoms with Crippen LogP contribution in [0.15, 0.2) is 34.6 Å². The zero-order valence-electron chi connectivity index (χ0n) is 14.7. The molecule has 134 valence electrons. The molecule has 0 bridgehead atoms. The van der Waals surface area contributed by atoms with E-state index < -0.39 is 0 Å². The summed E-state index contributed by atoms with van der Waals surface area (Å²) in [6, 6.07) is 6.64. The largest absolute Gasteiger partial charge is 0.370 e. The van der Waals surface area contributed by atoms with Crippen molar-refractivity contribution in [3.63, 3.8) is 0 Å². The molecule has 7 heteroatoms. The first-order valence-electron chi connectivity index (χ1n) is 8.50. The van der Waals surface area contributed by atoms with Crippen LogP contribution in [-0.2, 0) is 0 Å². The number of anilines is 1. The van der Waals surface area contributed by atoms with Crippen LogP contribution < -0.4 is 10.6 Å². The van der Waals surface area contributed by atoms with Crippen molar-refractivity contribution in [1.82, 2.24) is 9.88 Å². The van der Waals surface area contributed by atoms with Gasteiger partial charge in [0.05, 0.1) is 11.6 Å². The van der Waals surface area contributed by atoms with Gasteiger partial charge in [-0.15, -0.1) is 11.3 Å². The molecule has 3 rings (SSSR count). The van der Waals surface area contributed by atoms with Crippen molar-refractivity contribution >= 4 is 23.0 Å². The van der Waals surface area contributed by atoms with E-state index in [-0.39, 0.29) is 11.7 Å². The van der Waals surface area contributed by atoms with Gasteiger partial charge in [-0.05, 0) is 31.2 Å². The lowest BCUT2D eigenvalue weighted by Gasteiger charge is -2.36. The van der Waals surface area contributed by atoms with Gasteiger partial charge < -0.3 is 15.5 Å². The molecule has 0 radical (unpaired) electrons. The highest BCUT2D eigenvalue weighted by Crippen LogP contribution is 2.20. The number of guanidine groups is 1. The van der Waals surface area contributed by atoms with Gasteiger partial charge in [-0.3, -0.25) is 4.99 Å². The van der Waals surface area contributed by atoms with Gasteiger partial charge in [0, 0.05) is 48.9 Å². The summed E-state index contributed by atoms with van der Waals surface area (Å²) in [5, 5.41) is 3.17. The van der Waals surface area contributed by atoms with E-state index in [1.165, 1.54) is 12.1 Å². The smallest absolute Gasteiger partial charge is 0.191 e. The summed E-state index contributed by atoms with van der Waals surface area (Å²) < 4.78 is 13.0. The van der Waals surface area contributed by atoms with Gasteiger partial charge in [-0.25, -0.2) is 9.37 Å². The Morgan fingerprint density at radius 2 is 1.96 bits per heavy atom. The number of hydrogen-bond acceptors (Lipinski definition) is 4. The van der Waals surface area contributed by atoms with Gasteiger partial charge >= 0.3 is 0 Å². The quantitative estimate of drug-likeness (QED) is 0.672. The van der Waals surface area contributed by atoms with Gasteiger partial charge in [0.15, 0.2) is 5.96 Å². The van der Waals surface area contributed by atoms with Gasteiger partial charge in [-0.2, -0.15) is 0 Å². The topological polar surface area (TPSA) is 57.8 Å². The SMILES string of the molecule is Cc1csc(C(C)CN=C(N)N2CCN(c3ccc(F)cc3)CC2)n1. The molecule has 0 aliphatic carbocycles. The molecule has 1 atom stereocenters. The summed E-state index contributed by atoms with van der Waals surface area (Å²) in [5.74, 6) is 0.667. The minimum atomic E-state index is -0.205. The van der Waals surface area contributed by atoms with Gasteiger partial charge in [0.1, 0.15) is 5.82 Å². The maximum absolute atomic E-state index is 13.0. The predicted molar refractivity (Wildman–Crippen MR) is 102 cm³/mol. The molecule has 2 N–H and O–H groups in total. The fraction of sp³-hybridized carbons (Fsp3) is 0.444. The molecule has 1 aliphatic heterocycles. The van der Waals surface area contributed by atoms with Crippen LogP contribution in [0.5, 0.6) is 0 Å². The van der Waals surface area contributed by atoms with Crippen LogP contribution in [-0.4, -0.2) is 48.6 Å². The average Bonchev–Trinajstić information content (AvgIpc) is 3.07. The maximum atomic E-state index is 13.0. The molecule has 1 aromatic carbocycles. The molecule has 2 heterocycles. The maximum Gasteiger partial charge on any atom is 0.191 e. The normalized spacial score (nSPS) is 17.0. The summed E-state index contributed by atoms with van der Waals surface area (Å²) in [4.78, 5) is 13.4. The van der Waals surface area contributed by atoms with Crippen molar-refractivity contribution < 1.29 is 4.39 Å². The molecule has 1 fully saturated rings. The van der Waals surface area contributed by atoms with E-state index in [0.29, 0.717) is 12.5 Å². The first-order chi connectivity index (χ1) is 12.0. The molecule has 5 nitrogen and oxygen atoms in total. The number of halogens is 1. The molecule has 1 unspecified atom stereocenters. The summed E-state index contributed by atoms with van der Waals surface area (Å²) in [7, 11) is 0. The lowest BCUT2D eigenvalue weighted by molar-refractivity contribution is 0.380. The van der Waals surface area contributed by atoms with E-state index in [0.717, 1.165) is 42.6 Å². The molecule has 25 heavy (non-hydrogen) atoms. The lowest BCUT2D eigenvalue weighted by Crippen LogP contribution is -2.51. The van der Waals surface area contributed by atoms with Crippen LogP contribution in [0.4, 0.5) is 10.1 Å². The van der Waals surface area contributed by atoms with Crippen molar-refractivity contribution in [3.8, 4) is 0 Å². The third kappa shape index (κ3) is 4.48. The Balaban J connectivity index is 1.52. The van der Waals surface area contributed by atoms with Crippen LogP contribution in [0.3, 0.4) is 0 Å². The molecular formula is C18H24FN5S. The number of benzene rings is 1. The van der Waals surface area contributed by atoms with E-state index in [9.17, 15) is 4.39 Å². The molecule has 1 aliphatic rings. The third-order valence-corrected chi connectivity index (χ3v) is 5.58. The summed E-state index contributed by atoms with van der Waals surface area (Å²) >= 11 is 1.68. The lowest BCUT2D eigenvalue weighted by atomic mass is 10.2. The Morgan fingerprint density at radius 3 is 2.56 bits per heavy atom. The Bertz CT molecular complexity index is 719. The third-order valence-electron chi connectivity index (χ3n) is 4.38. The van der Waals surface area contributed by atoms with Crippen LogP contribution in [0.1, 0.15) is 23.5 Å². The van der Waals surface area contributed by atoms with Crippen LogP contribution in [0.2, 0.25) is 0 Å². The minimum Gasteiger partial charge on any atom is -0.370 e. The molecule has 1 aromatic heterocycles. The van der Waals surface area contributed by atoms with Crippen LogP contribution in [0, 0.1) is 12.7 Å². The average molecular weight is 361 g/mol. The molecule has 0 saturated carbocycles. The second kappa shape index (κ2) is 7.82. The Kier molecular flexibility index (Phi) is 5.53. The second-order valence-corrected chi connectivity index (χ2v) is 7.27. The standard InChI is InChI=1S/C18H24FN5S/c1-13(17-22-14(2)12-25-17)11-21-18(20)24-9-7-23(8-10-24)16-5-3-15(19)4-6-16/h3-6,12-13H,7-11H2,1-2H3,(H2,20,21). The van der Waals surface area contributed by atoms with Gasteiger partial charge in [-0.1, -0.05) is 6.92 Å². The van der Waals surface area contributed by atoms with Crippen molar-refractivity contribution in [3.05, 3.63) is 46.2 Å². The van der Waals surface area contributed by atoms with E-state index in [1.807, 2.05) is 19.1 Å². The summed E-state index contributed by atoms with van der Waals surface area (Å²) in [6.07, 6.45) is 0. The van der Waals surface area contributed by atoms with E-state index >= 15 is 0 Å². The highest BCUT2D eigenvalue weighted by Gasteiger charge is 2.19. The number of rotatable bonds is 4. The van der Waals surface area contributed by atoms with Gasteiger partial charge in [0.2, 0.25) is 0 Å². The summed E-state index contributed by atoms with van der Waals surface area (Å²) in [6.45, 7) is 8.12. The Labute approximate surface area is 152 Å². The second-order valence-electron chi connectivity index (χ2n) is 6.38. The Hall–Kier alpha value is -2.15. The van der Waals surface area contributed by atoms with Gasteiger partial charge in [0.25, 0.3) is 0 Å². The number of aliphatic imine (C=N–C) groups is 1. The minimum absolute atomic E-state index is 0.205. The number of aryl methyl sites for hydroxylation is 1. The van der Waals surface area contributed by atoms with E-state index in [1.54, 1.807) is 11.3 Å². The predicted octanol–water partition coefficient (Wildman–Crippen LogP) is 2.83. The van der Waals surface area contributed by atoms with Crippen LogP contribution in [0.25, 0.3) is 0 Å². The molecule has 0 amide bonds. The fourth-order valence-electron chi connectivity index (χ4n) is 2.85. The zero-order chi connectivity index (χ0) is 17.8. The zero-order valence-corrected chi connectivity index (χ0v) is 15.5. The Morgan fingerprint density at radius 1 is 1.28 bits per heavy atom. The molecule has 0 spiro atoms. The monoisotopic (exact) mass is 361 g/mol. The van der Waals surface area contributed by atoms with Crippen molar-refractivity contribution in [2.75, 3.05) is 37.6 Å². The number of nitrogens with zero attached hydrogens (tertiary/aromatic N) is 4. The first-order valence-corrected chi connectivity index (χ1v) is 9.38. The molecule has 2 aromatic rings. The number of hydrogen-bond donors (Lipinski definition) is 1. The van der Waals surface area contributed by atoms with Crippen molar-refractivity contribution in [2.45, 2.75) is 19.8 Å². The highest BCUT2D eigenvalue weighted by atomic mass is 32.1. The first kappa shape index (κ1) is 17.7. The van der Waals surface area contributed by atoms with E-state index in [2.05, 4.69) is 32.1 Å². The molecular weight excluding hydrogens is 337 g/mol.